The molecule has 0 saturated heterocycles. The fourth-order valence-corrected chi connectivity index (χ4v) is 22.2. The van der Waals surface area contributed by atoms with Crippen LogP contribution >= 0.6 is 0 Å². The van der Waals surface area contributed by atoms with Crippen molar-refractivity contribution in [3.8, 4) is 22.7 Å². The number of rotatable bonds is 8. The number of hydrogen-bond acceptors (Lipinski definition) is 0. The van der Waals surface area contributed by atoms with E-state index in [-0.39, 0.29) is 43.3 Å². The van der Waals surface area contributed by atoms with Gasteiger partial charge in [0.15, 0.2) is 8.07 Å². The van der Waals surface area contributed by atoms with Crippen molar-refractivity contribution in [2.24, 2.45) is 0 Å². The SMILES string of the molecule is CC(C)(C)c1cc(C(C)(C)C)cc([Si](c2ccc(-n3c4ccc(-n5c6ccccc6c6ccc(C(C)(C)C)cc65)cc4c4ccc(C(C)(C)C)cc43)cc2)(c2ccc(-n3c4ccc(-n5c6ccccc6c6ccc(C(C)(C)C)cc65)cc4c4ccc(C(C)(C)C)cc43)cc2)c2cc(C(C)(C)C)cc(C(C)(C)C)c2)c1. The van der Waals surface area contributed by atoms with Crippen molar-refractivity contribution in [1.82, 2.24) is 18.3 Å². The highest BCUT2D eigenvalue weighted by molar-refractivity contribution is 7.20. The van der Waals surface area contributed by atoms with E-state index >= 15 is 0 Å². The molecule has 0 unspecified atom stereocenters. The van der Waals surface area contributed by atoms with Gasteiger partial charge < -0.3 is 18.3 Å². The molecule has 0 atom stereocenters. The van der Waals surface area contributed by atoms with Crippen molar-refractivity contribution in [3.05, 3.63) is 287 Å². The Morgan fingerprint density at radius 2 is 0.394 bits per heavy atom. The van der Waals surface area contributed by atoms with Crippen molar-refractivity contribution in [1.29, 1.82) is 0 Å². The maximum atomic E-state index is 2.64. The number of fused-ring (bicyclic) bond motifs is 12. The van der Waals surface area contributed by atoms with Gasteiger partial charge in [0, 0.05) is 65.8 Å². The summed E-state index contributed by atoms with van der Waals surface area (Å²) in [6, 6.07) is 96.8. The second-order valence-corrected chi connectivity index (χ2v) is 44.0. The Morgan fingerprint density at radius 1 is 0.165 bits per heavy atom. The average molecular weight is 1450 g/mol. The minimum Gasteiger partial charge on any atom is -0.309 e. The maximum absolute atomic E-state index is 3.46. The zero-order valence-corrected chi connectivity index (χ0v) is 70.4. The second-order valence-electron chi connectivity index (χ2n) is 40.1. The van der Waals surface area contributed by atoms with E-state index in [9.17, 15) is 0 Å². The summed E-state index contributed by atoms with van der Waals surface area (Å²) in [5, 5.41) is 15.5. The molecular weight excluding hydrogens is 1330 g/mol. The Kier molecular flexibility index (Phi) is 16.8. The molecule has 0 radical (unpaired) electrons. The third-order valence-corrected chi connectivity index (χ3v) is 28.8. The fraction of sp³-hybridized carbons (Fsp3) is 0.308. The first-order chi connectivity index (χ1) is 51.1. The van der Waals surface area contributed by atoms with Crippen LogP contribution in [0.15, 0.2) is 243 Å². The molecule has 109 heavy (non-hydrogen) atoms. The van der Waals surface area contributed by atoms with E-state index in [1.165, 1.54) is 152 Å². The lowest BCUT2D eigenvalue weighted by atomic mass is 9.81. The van der Waals surface area contributed by atoms with E-state index in [4.69, 9.17) is 0 Å². The first kappa shape index (κ1) is 73.2. The minimum absolute atomic E-state index is 0.00975. The molecule has 5 heteroatoms. The lowest BCUT2D eigenvalue weighted by Crippen LogP contribution is -2.75. The average Bonchev–Trinajstić information content (AvgIpc) is 1.68. The molecule has 0 aliphatic heterocycles. The van der Waals surface area contributed by atoms with E-state index in [2.05, 4.69) is 427 Å². The highest BCUT2D eigenvalue weighted by Crippen LogP contribution is 2.44. The lowest BCUT2D eigenvalue weighted by molar-refractivity contribution is 0.569. The third kappa shape index (κ3) is 12.4. The standard InChI is InChI=1S/C104H112N4Si/c1-97(2,3)65-33-47-83-81-29-25-27-31-89(81)107(93(83)59-65)75-41-51-91-87(63-75)85-49-35-67(99(7,8)9)61-95(85)105(91)73-37-43-77(44-38-73)109(79-55-69(101(13,14)15)53-70(56-79)102(16,17)18,80-57-71(103(19,20)21)54-72(58-80)104(22,23)24)78-45-39-74(40-46-78)106-92-52-42-76(64-88(92)86-50-36-68(62-96(86)106)100(10,11)12)108-90-32-28-26-30-82(90)84-48-34-66(60-94(84)108)98(4,5)6/h25-64H,1-24H3. The van der Waals surface area contributed by atoms with Gasteiger partial charge in [0.1, 0.15) is 0 Å². The van der Waals surface area contributed by atoms with E-state index in [0.717, 1.165) is 22.7 Å². The smallest absolute Gasteiger partial charge is 0.179 e. The van der Waals surface area contributed by atoms with Crippen LogP contribution in [0.3, 0.4) is 0 Å². The molecule has 0 saturated carbocycles. The Balaban J connectivity index is 0.956. The van der Waals surface area contributed by atoms with Crippen LogP contribution < -0.4 is 20.7 Å². The van der Waals surface area contributed by atoms with Crippen LogP contribution in [0, 0.1) is 0 Å². The monoisotopic (exact) mass is 1440 g/mol. The van der Waals surface area contributed by atoms with Crippen LogP contribution in [0.1, 0.15) is 211 Å². The quantitative estimate of drug-likeness (QED) is 0.107. The number of hydrogen-bond donors (Lipinski definition) is 0. The summed E-state index contributed by atoms with van der Waals surface area (Å²) >= 11 is 0. The summed E-state index contributed by atoms with van der Waals surface area (Å²) in [6.45, 7) is 56.8. The van der Waals surface area contributed by atoms with Crippen LogP contribution in [0.5, 0.6) is 0 Å². The molecule has 4 heterocycles. The molecule has 12 aromatic carbocycles. The second kappa shape index (κ2) is 25.0. The molecule has 0 fully saturated rings. The van der Waals surface area contributed by atoms with Gasteiger partial charge >= 0.3 is 0 Å². The van der Waals surface area contributed by atoms with Gasteiger partial charge in [0.05, 0.1) is 44.1 Å². The Labute approximate surface area is 649 Å². The van der Waals surface area contributed by atoms with Crippen LogP contribution in [0.4, 0.5) is 0 Å². The lowest BCUT2D eigenvalue weighted by Gasteiger charge is -2.39. The van der Waals surface area contributed by atoms with Gasteiger partial charge in [0.2, 0.25) is 0 Å². The molecule has 16 aromatic rings. The third-order valence-electron chi connectivity index (χ3n) is 24.1. The van der Waals surface area contributed by atoms with E-state index in [1.807, 2.05) is 0 Å². The number of benzene rings is 12. The highest BCUT2D eigenvalue weighted by Gasteiger charge is 2.45. The van der Waals surface area contributed by atoms with Gasteiger partial charge in [0.25, 0.3) is 0 Å². The molecule has 0 amide bonds. The molecule has 0 aliphatic carbocycles. The number of nitrogens with zero attached hydrogens (tertiary/aromatic N) is 4. The van der Waals surface area contributed by atoms with Crippen LogP contribution in [-0.2, 0) is 43.3 Å². The normalized spacial score (nSPS) is 13.5. The zero-order chi connectivity index (χ0) is 77.6. The number of aromatic nitrogens is 4. The van der Waals surface area contributed by atoms with E-state index < -0.39 is 8.07 Å². The van der Waals surface area contributed by atoms with Gasteiger partial charge in [-0.25, -0.2) is 0 Å². The molecule has 0 N–H and O–H groups in total. The molecule has 0 aliphatic rings. The van der Waals surface area contributed by atoms with Gasteiger partial charge in [-0.2, -0.15) is 0 Å². The fourth-order valence-electron chi connectivity index (χ4n) is 17.4. The van der Waals surface area contributed by atoms with Gasteiger partial charge in [-0.15, -0.1) is 0 Å². The summed E-state index contributed by atoms with van der Waals surface area (Å²) in [7, 11) is -3.46. The maximum Gasteiger partial charge on any atom is 0.179 e. The van der Waals surface area contributed by atoms with Crippen LogP contribution in [0.2, 0.25) is 0 Å². The van der Waals surface area contributed by atoms with Crippen LogP contribution in [-0.4, -0.2) is 26.3 Å². The van der Waals surface area contributed by atoms with Crippen LogP contribution in [0.25, 0.3) is 110 Å². The summed E-state index contributed by atoms with van der Waals surface area (Å²) in [6.07, 6.45) is 0. The van der Waals surface area contributed by atoms with Crippen molar-refractivity contribution < 1.29 is 0 Å². The minimum atomic E-state index is -3.46. The summed E-state index contributed by atoms with van der Waals surface area (Å²) < 4.78 is 10.1. The highest BCUT2D eigenvalue weighted by atomic mass is 28.3. The van der Waals surface area contributed by atoms with Crippen molar-refractivity contribution in [2.75, 3.05) is 0 Å². The first-order valence-corrected chi connectivity index (χ1v) is 41.9. The summed E-state index contributed by atoms with van der Waals surface area (Å²) in [5.74, 6) is 0. The molecule has 0 bridgehead atoms. The molecule has 4 aromatic heterocycles. The van der Waals surface area contributed by atoms with E-state index in [1.54, 1.807) is 0 Å². The van der Waals surface area contributed by atoms with Crippen molar-refractivity contribution >= 4 is 116 Å². The Bertz CT molecular complexity index is 5880. The van der Waals surface area contributed by atoms with Crippen molar-refractivity contribution in [2.45, 2.75) is 209 Å². The summed E-state index contributed by atoms with van der Waals surface area (Å²) in [4.78, 5) is 0. The number of para-hydroxylation sites is 2. The molecule has 552 valence electrons. The Morgan fingerprint density at radius 3 is 0.670 bits per heavy atom. The molecular formula is C104H112N4Si. The largest absolute Gasteiger partial charge is 0.309 e. The van der Waals surface area contributed by atoms with Gasteiger partial charge in [-0.05, 0) is 206 Å². The predicted octanol–water partition coefficient (Wildman–Crippen LogP) is 25.8. The molecule has 0 spiro atoms. The topological polar surface area (TPSA) is 19.7 Å². The van der Waals surface area contributed by atoms with E-state index in [0.29, 0.717) is 0 Å². The zero-order valence-electron chi connectivity index (χ0n) is 69.4. The van der Waals surface area contributed by atoms with Gasteiger partial charge in [-0.3, -0.25) is 0 Å². The summed E-state index contributed by atoms with van der Waals surface area (Å²) in [5.41, 5.74) is 24.2. The molecule has 4 nitrogen and oxygen atoms in total. The Hall–Kier alpha value is -9.94. The first-order valence-electron chi connectivity index (χ1n) is 39.9. The van der Waals surface area contributed by atoms with Crippen molar-refractivity contribution in [3.63, 3.8) is 0 Å². The van der Waals surface area contributed by atoms with Gasteiger partial charge in [-0.1, -0.05) is 312 Å². The molecule has 16 rings (SSSR count). The predicted molar refractivity (Wildman–Crippen MR) is 477 cm³/mol.